The zero-order valence-electron chi connectivity index (χ0n) is 6.84. The third-order valence-electron chi connectivity index (χ3n) is 1.57. The van der Waals surface area contributed by atoms with E-state index < -0.39 is 17.7 Å². The zero-order valence-corrected chi connectivity index (χ0v) is 7.65. The predicted molar refractivity (Wildman–Crippen MR) is 50.7 cm³/mol. The standard InChI is InChI=1S/C9H9F2N.ClH/c1-2-9(12)7-5-6(10)3-4-8(7)11;/h2-5,9H,1,12H2;1H/t9-;/m1./s1. The van der Waals surface area contributed by atoms with Gasteiger partial charge < -0.3 is 5.73 Å². The van der Waals surface area contributed by atoms with Crippen LogP contribution in [-0.2, 0) is 0 Å². The number of hydrogen-bond donors (Lipinski definition) is 1. The van der Waals surface area contributed by atoms with Gasteiger partial charge in [0.25, 0.3) is 0 Å². The summed E-state index contributed by atoms with van der Waals surface area (Å²) in [6.45, 7) is 3.39. The number of rotatable bonds is 2. The van der Waals surface area contributed by atoms with Crippen molar-refractivity contribution in [2.75, 3.05) is 0 Å². The van der Waals surface area contributed by atoms with Crippen LogP contribution < -0.4 is 5.73 Å². The summed E-state index contributed by atoms with van der Waals surface area (Å²) < 4.78 is 25.5. The van der Waals surface area contributed by atoms with E-state index in [4.69, 9.17) is 5.73 Å². The van der Waals surface area contributed by atoms with Gasteiger partial charge in [-0.15, -0.1) is 19.0 Å². The van der Waals surface area contributed by atoms with Crippen molar-refractivity contribution in [3.05, 3.63) is 48.1 Å². The van der Waals surface area contributed by atoms with Crippen molar-refractivity contribution >= 4 is 12.4 Å². The summed E-state index contributed by atoms with van der Waals surface area (Å²) in [5, 5.41) is 0. The van der Waals surface area contributed by atoms with Gasteiger partial charge in [-0.1, -0.05) is 6.08 Å². The largest absolute Gasteiger partial charge is 0.321 e. The van der Waals surface area contributed by atoms with Crippen molar-refractivity contribution in [2.45, 2.75) is 6.04 Å². The first-order valence-electron chi connectivity index (χ1n) is 3.48. The molecule has 1 aromatic rings. The molecule has 0 radical (unpaired) electrons. The molecule has 1 aromatic carbocycles. The van der Waals surface area contributed by atoms with Crippen LogP contribution in [0.15, 0.2) is 30.9 Å². The Bertz CT molecular complexity index is 302. The van der Waals surface area contributed by atoms with Gasteiger partial charge in [-0.3, -0.25) is 0 Å². The van der Waals surface area contributed by atoms with Crippen LogP contribution in [0.3, 0.4) is 0 Å². The first kappa shape index (κ1) is 12.1. The molecule has 0 heterocycles. The van der Waals surface area contributed by atoms with Crippen molar-refractivity contribution < 1.29 is 8.78 Å². The number of benzene rings is 1. The van der Waals surface area contributed by atoms with Gasteiger partial charge in [0.1, 0.15) is 11.6 Å². The van der Waals surface area contributed by atoms with Crippen LogP contribution in [0.25, 0.3) is 0 Å². The SMILES string of the molecule is C=C[C@@H](N)c1cc(F)ccc1F.Cl. The lowest BCUT2D eigenvalue weighted by Gasteiger charge is -2.07. The third-order valence-corrected chi connectivity index (χ3v) is 1.57. The van der Waals surface area contributed by atoms with E-state index in [1.54, 1.807) is 0 Å². The smallest absolute Gasteiger partial charge is 0.128 e. The van der Waals surface area contributed by atoms with E-state index in [1.807, 2.05) is 0 Å². The topological polar surface area (TPSA) is 26.0 Å². The predicted octanol–water partition coefficient (Wildman–Crippen LogP) is 2.57. The van der Waals surface area contributed by atoms with Gasteiger partial charge in [-0.2, -0.15) is 0 Å². The van der Waals surface area contributed by atoms with Crippen LogP contribution in [0.5, 0.6) is 0 Å². The number of hydrogen-bond acceptors (Lipinski definition) is 1. The Kier molecular flexibility index (Phi) is 4.59. The highest BCUT2D eigenvalue weighted by Crippen LogP contribution is 2.16. The summed E-state index contributed by atoms with van der Waals surface area (Å²) in [6.07, 6.45) is 1.36. The van der Waals surface area contributed by atoms with Crippen molar-refractivity contribution in [3.8, 4) is 0 Å². The Hall–Kier alpha value is -0.930. The Labute approximate surface area is 81.7 Å². The normalized spacial score (nSPS) is 11.6. The molecule has 0 unspecified atom stereocenters. The summed E-state index contributed by atoms with van der Waals surface area (Å²) in [7, 11) is 0. The van der Waals surface area contributed by atoms with Crippen LogP contribution in [0.1, 0.15) is 11.6 Å². The minimum Gasteiger partial charge on any atom is -0.321 e. The van der Waals surface area contributed by atoms with Crippen molar-refractivity contribution in [1.29, 1.82) is 0 Å². The van der Waals surface area contributed by atoms with Crippen LogP contribution in [0, 0.1) is 11.6 Å². The summed E-state index contributed by atoms with van der Waals surface area (Å²) in [4.78, 5) is 0. The Morgan fingerprint density at radius 3 is 2.54 bits per heavy atom. The molecule has 1 rings (SSSR count). The van der Waals surface area contributed by atoms with Gasteiger partial charge in [0.2, 0.25) is 0 Å². The van der Waals surface area contributed by atoms with Crippen LogP contribution >= 0.6 is 12.4 Å². The second-order valence-corrected chi connectivity index (χ2v) is 2.43. The average Bonchev–Trinajstić information content (AvgIpc) is 2.08. The maximum Gasteiger partial charge on any atom is 0.128 e. The number of halogens is 3. The molecule has 0 bridgehead atoms. The molecule has 13 heavy (non-hydrogen) atoms. The molecule has 0 aromatic heterocycles. The lowest BCUT2D eigenvalue weighted by atomic mass is 10.1. The average molecular weight is 206 g/mol. The molecule has 72 valence electrons. The van der Waals surface area contributed by atoms with Crippen LogP contribution in [-0.4, -0.2) is 0 Å². The van der Waals surface area contributed by atoms with Gasteiger partial charge in [0.05, 0.1) is 6.04 Å². The fourth-order valence-electron chi connectivity index (χ4n) is 0.897. The molecule has 0 saturated heterocycles. The molecule has 0 fully saturated rings. The van der Waals surface area contributed by atoms with E-state index in [0.29, 0.717) is 0 Å². The molecule has 0 aliphatic carbocycles. The lowest BCUT2D eigenvalue weighted by Crippen LogP contribution is -2.08. The second-order valence-electron chi connectivity index (χ2n) is 2.43. The first-order valence-corrected chi connectivity index (χ1v) is 3.48. The molecular weight excluding hydrogens is 196 g/mol. The van der Waals surface area contributed by atoms with E-state index in [9.17, 15) is 8.78 Å². The molecule has 0 aliphatic heterocycles. The molecule has 0 saturated carbocycles. The Morgan fingerprint density at radius 2 is 2.00 bits per heavy atom. The summed E-state index contributed by atoms with van der Waals surface area (Å²) in [6, 6.07) is 2.52. The molecular formula is C9H10ClF2N. The molecule has 0 spiro atoms. The summed E-state index contributed by atoms with van der Waals surface area (Å²) in [5.41, 5.74) is 5.57. The van der Waals surface area contributed by atoms with Gasteiger partial charge in [0, 0.05) is 5.56 Å². The maximum absolute atomic E-state index is 12.9. The molecule has 0 aliphatic rings. The summed E-state index contributed by atoms with van der Waals surface area (Å²) in [5.74, 6) is -1.01. The Morgan fingerprint density at radius 1 is 1.38 bits per heavy atom. The fourth-order valence-corrected chi connectivity index (χ4v) is 0.897. The summed E-state index contributed by atoms with van der Waals surface area (Å²) >= 11 is 0. The minimum absolute atomic E-state index is 0. The van der Waals surface area contributed by atoms with Gasteiger partial charge in [-0.05, 0) is 18.2 Å². The lowest BCUT2D eigenvalue weighted by molar-refractivity contribution is 0.579. The van der Waals surface area contributed by atoms with E-state index >= 15 is 0 Å². The minimum atomic E-state index is -0.652. The fraction of sp³-hybridized carbons (Fsp3) is 0.111. The van der Waals surface area contributed by atoms with Crippen molar-refractivity contribution in [2.24, 2.45) is 5.73 Å². The van der Waals surface area contributed by atoms with Gasteiger partial charge >= 0.3 is 0 Å². The quantitative estimate of drug-likeness (QED) is 0.738. The molecule has 1 nitrogen and oxygen atoms in total. The van der Waals surface area contributed by atoms with E-state index in [-0.39, 0.29) is 18.0 Å². The highest BCUT2D eigenvalue weighted by Gasteiger charge is 2.08. The van der Waals surface area contributed by atoms with E-state index in [2.05, 4.69) is 6.58 Å². The van der Waals surface area contributed by atoms with Crippen LogP contribution in [0.4, 0.5) is 8.78 Å². The maximum atomic E-state index is 12.9. The molecule has 1 atom stereocenters. The third kappa shape index (κ3) is 2.79. The van der Waals surface area contributed by atoms with Crippen molar-refractivity contribution in [3.63, 3.8) is 0 Å². The molecule has 2 N–H and O–H groups in total. The number of nitrogens with two attached hydrogens (primary N) is 1. The highest BCUT2D eigenvalue weighted by atomic mass is 35.5. The zero-order chi connectivity index (χ0) is 9.14. The molecule has 0 amide bonds. The van der Waals surface area contributed by atoms with Gasteiger partial charge in [-0.25, -0.2) is 8.78 Å². The monoisotopic (exact) mass is 205 g/mol. The first-order chi connectivity index (χ1) is 5.65. The van der Waals surface area contributed by atoms with Crippen LogP contribution in [0.2, 0.25) is 0 Å². The second kappa shape index (κ2) is 4.94. The van der Waals surface area contributed by atoms with Gasteiger partial charge in [0.15, 0.2) is 0 Å². The molecule has 4 heteroatoms. The van der Waals surface area contributed by atoms with Crippen molar-refractivity contribution in [1.82, 2.24) is 0 Å². The van der Waals surface area contributed by atoms with E-state index in [0.717, 1.165) is 18.2 Å². The van der Waals surface area contributed by atoms with E-state index in [1.165, 1.54) is 6.08 Å². The highest BCUT2D eigenvalue weighted by molar-refractivity contribution is 5.85. The Balaban J connectivity index is 0.00000144.